The summed E-state index contributed by atoms with van der Waals surface area (Å²) in [5.74, 6) is 1.51. The standard InChI is InChI=1S/C10H13NO/c11-7-8-5-6-12-10-4-2-1-3-9(8)10/h1-4,8H,5-7,11H2/t8-/m1/s1. The summed E-state index contributed by atoms with van der Waals surface area (Å²) in [5, 5.41) is 0. The topological polar surface area (TPSA) is 35.2 Å². The Kier molecular flexibility index (Phi) is 2.00. The highest BCUT2D eigenvalue weighted by atomic mass is 16.5. The zero-order valence-electron chi connectivity index (χ0n) is 6.99. The number of fused-ring (bicyclic) bond motifs is 1. The van der Waals surface area contributed by atoms with Crippen molar-refractivity contribution in [2.45, 2.75) is 12.3 Å². The Hall–Kier alpha value is -1.02. The van der Waals surface area contributed by atoms with E-state index in [1.165, 1.54) is 5.56 Å². The normalized spacial score (nSPS) is 21.2. The minimum absolute atomic E-state index is 0.495. The van der Waals surface area contributed by atoms with Crippen LogP contribution < -0.4 is 10.5 Å². The first kappa shape index (κ1) is 7.62. The third-order valence-electron chi connectivity index (χ3n) is 2.37. The van der Waals surface area contributed by atoms with Crippen LogP contribution in [0.15, 0.2) is 24.3 Å². The molecule has 0 radical (unpaired) electrons. The molecule has 0 saturated heterocycles. The molecule has 1 aliphatic rings. The zero-order valence-corrected chi connectivity index (χ0v) is 6.99. The van der Waals surface area contributed by atoms with E-state index in [4.69, 9.17) is 10.5 Å². The molecule has 0 saturated carbocycles. The average molecular weight is 163 g/mol. The van der Waals surface area contributed by atoms with Crippen molar-refractivity contribution in [3.05, 3.63) is 29.8 Å². The number of hydrogen-bond donors (Lipinski definition) is 1. The molecule has 2 heteroatoms. The van der Waals surface area contributed by atoms with E-state index < -0.39 is 0 Å². The molecule has 1 atom stereocenters. The Balaban J connectivity index is 2.37. The first-order valence-corrected chi connectivity index (χ1v) is 4.33. The average Bonchev–Trinajstić information content (AvgIpc) is 2.17. The number of benzene rings is 1. The summed E-state index contributed by atoms with van der Waals surface area (Å²) in [6.07, 6.45) is 1.05. The number of para-hydroxylation sites is 1. The van der Waals surface area contributed by atoms with Gasteiger partial charge in [0.1, 0.15) is 5.75 Å². The molecule has 0 aromatic heterocycles. The first-order chi connectivity index (χ1) is 5.92. The van der Waals surface area contributed by atoms with Crippen molar-refractivity contribution in [3.63, 3.8) is 0 Å². The number of rotatable bonds is 1. The van der Waals surface area contributed by atoms with E-state index in [0.717, 1.165) is 25.3 Å². The highest BCUT2D eigenvalue weighted by Crippen LogP contribution is 2.32. The molecular formula is C10H13NO. The van der Waals surface area contributed by atoms with Gasteiger partial charge in [0.25, 0.3) is 0 Å². The molecule has 1 aliphatic heterocycles. The van der Waals surface area contributed by atoms with Crippen LogP contribution in [-0.2, 0) is 0 Å². The van der Waals surface area contributed by atoms with E-state index >= 15 is 0 Å². The van der Waals surface area contributed by atoms with Gasteiger partial charge < -0.3 is 10.5 Å². The molecule has 1 aromatic rings. The van der Waals surface area contributed by atoms with Crippen LogP contribution in [0.1, 0.15) is 17.9 Å². The maximum atomic E-state index is 5.66. The van der Waals surface area contributed by atoms with Gasteiger partial charge in [0.05, 0.1) is 6.61 Å². The van der Waals surface area contributed by atoms with E-state index in [1.54, 1.807) is 0 Å². The van der Waals surface area contributed by atoms with E-state index in [2.05, 4.69) is 6.07 Å². The molecule has 12 heavy (non-hydrogen) atoms. The Labute approximate surface area is 72.3 Å². The highest BCUT2D eigenvalue weighted by Gasteiger charge is 2.18. The molecule has 0 bridgehead atoms. The van der Waals surface area contributed by atoms with E-state index in [-0.39, 0.29) is 0 Å². The van der Waals surface area contributed by atoms with Gasteiger partial charge in [0, 0.05) is 5.92 Å². The van der Waals surface area contributed by atoms with Crippen LogP contribution in [0.3, 0.4) is 0 Å². The summed E-state index contributed by atoms with van der Waals surface area (Å²) in [5.41, 5.74) is 6.93. The fourth-order valence-electron chi connectivity index (χ4n) is 1.66. The fraction of sp³-hybridized carbons (Fsp3) is 0.400. The van der Waals surface area contributed by atoms with Crippen molar-refractivity contribution in [2.75, 3.05) is 13.2 Å². The molecule has 2 nitrogen and oxygen atoms in total. The zero-order chi connectivity index (χ0) is 8.39. The first-order valence-electron chi connectivity index (χ1n) is 4.33. The minimum atomic E-state index is 0.495. The lowest BCUT2D eigenvalue weighted by molar-refractivity contribution is 0.269. The predicted octanol–water partition coefficient (Wildman–Crippen LogP) is 1.51. The van der Waals surface area contributed by atoms with Gasteiger partial charge in [-0.25, -0.2) is 0 Å². The molecule has 0 amide bonds. The van der Waals surface area contributed by atoms with Gasteiger partial charge in [-0.05, 0) is 24.6 Å². The van der Waals surface area contributed by atoms with Crippen LogP contribution in [0.25, 0.3) is 0 Å². The monoisotopic (exact) mass is 163 g/mol. The molecule has 0 spiro atoms. The van der Waals surface area contributed by atoms with Gasteiger partial charge in [-0.2, -0.15) is 0 Å². The molecule has 0 unspecified atom stereocenters. The predicted molar refractivity (Wildman–Crippen MR) is 48.3 cm³/mol. The Morgan fingerprint density at radius 3 is 3.08 bits per heavy atom. The van der Waals surface area contributed by atoms with Crippen LogP contribution in [-0.4, -0.2) is 13.2 Å². The van der Waals surface area contributed by atoms with Crippen LogP contribution in [0.4, 0.5) is 0 Å². The molecule has 64 valence electrons. The second kappa shape index (κ2) is 3.15. The van der Waals surface area contributed by atoms with Crippen LogP contribution >= 0.6 is 0 Å². The van der Waals surface area contributed by atoms with Crippen LogP contribution in [0, 0.1) is 0 Å². The third-order valence-corrected chi connectivity index (χ3v) is 2.37. The van der Waals surface area contributed by atoms with Crippen molar-refractivity contribution in [1.29, 1.82) is 0 Å². The van der Waals surface area contributed by atoms with Crippen LogP contribution in [0.5, 0.6) is 5.75 Å². The van der Waals surface area contributed by atoms with Crippen LogP contribution in [0.2, 0.25) is 0 Å². The summed E-state index contributed by atoms with van der Waals surface area (Å²) in [4.78, 5) is 0. The second-order valence-electron chi connectivity index (χ2n) is 3.11. The lowest BCUT2D eigenvalue weighted by atomic mass is 9.93. The van der Waals surface area contributed by atoms with Crippen molar-refractivity contribution >= 4 is 0 Å². The smallest absolute Gasteiger partial charge is 0.122 e. The van der Waals surface area contributed by atoms with Gasteiger partial charge >= 0.3 is 0 Å². The number of hydrogen-bond acceptors (Lipinski definition) is 2. The Bertz CT molecular complexity index is 272. The summed E-state index contributed by atoms with van der Waals surface area (Å²) in [6.45, 7) is 1.53. The second-order valence-corrected chi connectivity index (χ2v) is 3.11. The fourth-order valence-corrected chi connectivity index (χ4v) is 1.66. The molecule has 0 aliphatic carbocycles. The van der Waals surface area contributed by atoms with Crippen molar-refractivity contribution < 1.29 is 4.74 Å². The lowest BCUT2D eigenvalue weighted by Gasteiger charge is -2.24. The van der Waals surface area contributed by atoms with Gasteiger partial charge in [0.2, 0.25) is 0 Å². The summed E-state index contributed by atoms with van der Waals surface area (Å²) >= 11 is 0. The van der Waals surface area contributed by atoms with Gasteiger partial charge in [-0.3, -0.25) is 0 Å². The Morgan fingerprint density at radius 2 is 2.25 bits per heavy atom. The van der Waals surface area contributed by atoms with E-state index in [9.17, 15) is 0 Å². The largest absolute Gasteiger partial charge is 0.493 e. The van der Waals surface area contributed by atoms with Gasteiger partial charge in [-0.15, -0.1) is 0 Å². The molecule has 0 fully saturated rings. The highest BCUT2D eigenvalue weighted by molar-refractivity contribution is 5.37. The van der Waals surface area contributed by atoms with E-state index in [0.29, 0.717) is 5.92 Å². The molecule has 2 rings (SSSR count). The van der Waals surface area contributed by atoms with E-state index in [1.807, 2.05) is 18.2 Å². The van der Waals surface area contributed by atoms with Crippen molar-refractivity contribution in [3.8, 4) is 5.75 Å². The van der Waals surface area contributed by atoms with Crippen molar-refractivity contribution in [1.82, 2.24) is 0 Å². The third kappa shape index (κ3) is 1.18. The molecule has 2 N–H and O–H groups in total. The maximum absolute atomic E-state index is 5.66. The Morgan fingerprint density at radius 1 is 1.42 bits per heavy atom. The lowest BCUT2D eigenvalue weighted by Crippen LogP contribution is -2.20. The van der Waals surface area contributed by atoms with Gasteiger partial charge in [0.15, 0.2) is 0 Å². The van der Waals surface area contributed by atoms with Gasteiger partial charge in [-0.1, -0.05) is 18.2 Å². The molecule has 1 heterocycles. The summed E-state index contributed by atoms with van der Waals surface area (Å²) in [6, 6.07) is 8.15. The number of ether oxygens (including phenoxy) is 1. The summed E-state index contributed by atoms with van der Waals surface area (Å²) < 4.78 is 5.50. The maximum Gasteiger partial charge on any atom is 0.122 e. The molecule has 1 aromatic carbocycles. The summed E-state index contributed by atoms with van der Waals surface area (Å²) in [7, 11) is 0. The quantitative estimate of drug-likeness (QED) is 0.681. The number of nitrogens with two attached hydrogens (primary N) is 1. The SMILES string of the molecule is NC[C@H]1CCOc2ccccc21. The van der Waals surface area contributed by atoms with Crippen molar-refractivity contribution in [2.24, 2.45) is 5.73 Å². The minimum Gasteiger partial charge on any atom is -0.493 e. The molecular weight excluding hydrogens is 150 g/mol.